The van der Waals surface area contributed by atoms with Crippen LogP contribution in [0.1, 0.15) is 57.4 Å². The van der Waals surface area contributed by atoms with Gasteiger partial charge < -0.3 is 10.2 Å². The largest absolute Gasteiger partial charge is 1.00 e. The van der Waals surface area contributed by atoms with Crippen molar-refractivity contribution in [1.82, 2.24) is 0 Å². The van der Waals surface area contributed by atoms with E-state index in [1.165, 1.54) is 50.5 Å². The minimum absolute atomic E-state index is 0. The maximum Gasteiger partial charge on any atom is 1.00 e. The van der Waals surface area contributed by atoms with E-state index in [1.807, 2.05) is 12.1 Å². The number of unbranched alkanes of at least 4 members (excludes halogenated alkanes) is 5. The number of carbonyl (C=O) groups is 2. The Kier molecular flexibility index (Phi) is 17.8. The van der Waals surface area contributed by atoms with Gasteiger partial charge in [0.25, 0.3) is 10.1 Å². The molecular formula is C18H27KO7S. The van der Waals surface area contributed by atoms with Crippen LogP contribution in [0.5, 0.6) is 0 Å². The molecule has 0 amide bonds. The van der Waals surface area contributed by atoms with E-state index in [0.717, 1.165) is 0 Å². The fourth-order valence-electron chi connectivity index (χ4n) is 2.16. The molecule has 0 saturated heterocycles. The third-order valence-corrected chi connectivity index (χ3v) is 4.66. The summed E-state index contributed by atoms with van der Waals surface area (Å²) in [5, 5.41) is 13.9. The van der Waals surface area contributed by atoms with Gasteiger partial charge in [-0.05, 0) is 0 Å². The molecule has 27 heavy (non-hydrogen) atoms. The van der Waals surface area contributed by atoms with Crippen LogP contribution in [0.3, 0.4) is 0 Å². The predicted octanol–water partition coefficient (Wildman–Crippen LogP) is 0.196. The fourth-order valence-corrected chi connectivity index (χ4v) is 2.77. The van der Waals surface area contributed by atoms with Crippen LogP contribution in [0.2, 0.25) is 0 Å². The number of carboxylic acids is 2. The number of carboxylic acid groups (broad SMARTS) is 2. The standard InChI is InChI=1S/C14H21.C4H6O7S.K/c1-2-3-4-5-6-8-11-14-12-9-7-10-13-14;5-3(6)1-2(4(7)8)12(9,10)11;/h7,9-10,12H,2-6,8,11H2,1H3;2H,1H2,(H,5,6)(H,7,8)(H,9,10,11);/q-1;;+1. The second-order valence-corrected chi connectivity index (χ2v) is 7.44. The maximum atomic E-state index is 10.2. The van der Waals surface area contributed by atoms with Crippen LogP contribution in [-0.4, -0.2) is 40.4 Å². The summed E-state index contributed by atoms with van der Waals surface area (Å²) in [4.78, 5) is 20.0. The van der Waals surface area contributed by atoms with E-state index in [2.05, 4.69) is 25.1 Å². The zero-order valence-electron chi connectivity index (χ0n) is 15.9. The number of aryl methyl sites for hydroxylation is 1. The average molecular weight is 427 g/mol. The summed E-state index contributed by atoms with van der Waals surface area (Å²) in [5.41, 5.74) is 1.36. The quantitative estimate of drug-likeness (QED) is 0.199. The summed E-state index contributed by atoms with van der Waals surface area (Å²) < 4.78 is 28.7. The molecule has 1 rings (SSSR count). The van der Waals surface area contributed by atoms with Crippen LogP contribution in [0.25, 0.3) is 0 Å². The van der Waals surface area contributed by atoms with Gasteiger partial charge in [-0.3, -0.25) is 14.1 Å². The van der Waals surface area contributed by atoms with Crippen molar-refractivity contribution in [2.75, 3.05) is 0 Å². The molecule has 0 aromatic heterocycles. The molecule has 7 nitrogen and oxygen atoms in total. The van der Waals surface area contributed by atoms with Gasteiger partial charge in [-0.15, -0.1) is 0 Å². The Morgan fingerprint density at radius 2 is 1.67 bits per heavy atom. The molecule has 0 aliphatic heterocycles. The summed E-state index contributed by atoms with van der Waals surface area (Å²) in [6, 6.07) is 11.6. The third-order valence-electron chi connectivity index (χ3n) is 3.57. The molecule has 0 spiro atoms. The van der Waals surface area contributed by atoms with Crippen molar-refractivity contribution in [3.8, 4) is 0 Å². The molecule has 1 aromatic rings. The van der Waals surface area contributed by atoms with Crippen molar-refractivity contribution in [2.45, 2.75) is 63.5 Å². The van der Waals surface area contributed by atoms with E-state index in [0.29, 0.717) is 0 Å². The predicted molar refractivity (Wildman–Crippen MR) is 97.6 cm³/mol. The van der Waals surface area contributed by atoms with E-state index in [9.17, 15) is 18.0 Å². The van der Waals surface area contributed by atoms with Gasteiger partial charge in [-0.1, -0.05) is 51.9 Å². The van der Waals surface area contributed by atoms with Crippen molar-refractivity contribution in [2.24, 2.45) is 0 Å². The van der Waals surface area contributed by atoms with Crippen LogP contribution < -0.4 is 51.4 Å². The van der Waals surface area contributed by atoms with Crippen LogP contribution in [0, 0.1) is 6.07 Å². The van der Waals surface area contributed by atoms with Crippen LogP contribution in [-0.2, 0) is 26.1 Å². The number of hydrogen-bond donors (Lipinski definition) is 3. The fraction of sp³-hybridized carbons (Fsp3) is 0.556. The zero-order chi connectivity index (χ0) is 20.0. The summed E-state index contributed by atoms with van der Waals surface area (Å²) in [6.07, 6.45) is 8.30. The molecule has 0 radical (unpaired) electrons. The summed E-state index contributed by atoms with van der Waals surface area (Å²) in [5.74, 6) is -3.50. The first kappa shape index (κ1) is 28.9. The van der Waals surface area contributed by atoms with Crippen molar-refractivity contribution in [3.63, 3.8) is 0 Å². The Hall–Kier alpha value is -0.294. The van der Waals surface area contributed by atoms with Gasteiger partial charge in [0.15, 0.2) is 5.25 Å². The first-order valence-electron chi connectivity index (χ1n) is 8.55. The van der Waals surface area contributed by atoms with Gasteiger partial charge >= 0.3 is 63.3 Å². The number of benzene rings is 1. The van der Waals surface area contributed by atoms with Crippen LogP contribution >= 0.6 is 0 Å². The third kappa shape index (κ3) is 16.4. The summed E-state index contributed by atoms with van der Waals surface area (Å²) in [7, 11) is -4.84. The molecule has 0 fully saturated rings. The number of rotatable bonds is 11. The monoisotopic (exact) mass is 426 g/mol. The normalized spacial score (nSPS) is 11.5. The van der Waals surface area contributed by atoms with E-state index < -0.39 is 33.7 Å². The van der Waals surface area contributed by atoms with E-state index in [-0.39, 0.29) is 51.4 Å². The van der Waals surface area contributed by atoms with Crippen LogP contribution in [0.4, 0.5) is 0 Å². The Morgan fingerprint density at radius 3 is 2.07 bits per heavy atom. The van der Waals surface area contributed by atoms with Crippen molar-refractivity contribution in [3.05, 3.63) is 35.9 Å². The van der Waals surface area contributed by atoms with Crippen LogP contribution in [0.15, 0.2) is 24.3 Å². The molecule has 1 aromatic carbocycles. The average Bonchev–Trinajstić information content (AvgIpc) is 2.56. The van der Waals surface area contributed by atoms with Gasteiger partial charge in [-0.2, -0.15) is 44.3 Å². The first-order chi connectivity index (χ1) is 12.2. The summed E-state index contributed by atoms with van der Waals surface area (Å²) >= 11 is 0. The Labute approximate surface area is 203 Å². The molecule has 0 heterocycles. The minimum Gasteiger partial charge on any atom is -0.481 e. The number of hydrogen-bond acceptors (Lipinski definition) is 4. The Morgan fingerprint density at radius 1 is 1.07 bits per heavy atom. The SMILES string of the molecule is CCCCCCCCc1[c-]cccc1.O=C(O)CC(C(=O)O)S(=O)(=O)O.[K+]. The Bertz CT molecular complexity index is 632. The van der Waals surface area contributed by atoms with E-state index in [4.69, 9.17) is 14.8 Å². The van der Waals surface area contributed by atoms with Gasteiger partial charge in [-0.25, -0.2) is 0 Å². The molecule has 0 bridgehead atoms. The van der Waals surface area contributed by atoms with Crippen molar-refractivity contribution >= 4 is 22.1 Å². The second-order valence-electron chi connectivity index (χ2n) is 5.85. The Balaban J connectivity index is 0. The molecule has 3 N–H and O–H groups in total. The molecular weight excluding hydrogens is 399 g/mol. The van der Waals surface area contributed by atoms with Gasteiger partial charge in [0.1, 0.15) is 0 Å². The van der Waals surface area contributed by atoms with Gasteiger partial charge in [0, 0.05) is 0 Å². The first-order valence-corrected chi connectivity index (χ1v) is 10.0. The minimum atomic E-state index is -4.84. The molecule has 1 atom stereocenters. The topological polar surface area (TPSA) is 129 Å². The molecule has 0 saturated carbocycles. The molecule has 148 valence electrons. The zero-order valence-corrected chi connectivity index (χ0v) is 19.9. The molecule has 0 aliphatic rings. The van der Waals surface area contributed by atoms with E-state index >= 15 is 0 Å². The van der Waals surface area contributed by atoms with Gasteiger partial charge in [0.05, 0.1) is 6.42 Å². The molecule has 9 heteroatoms. The van der Waals surface area contributed by atoms with Crippen molar-refractivity contribution < 1.29 is 84.2 Å². The van der Waals surface area contributed by atoms with Crippen molar-refractivity contribution in [1.29, 1.82) is 0 Å². The second kappa shape index (κ2) is 16.6. The smallest absolute Gasteiger partial charge is 0.481 e. The maximum absolute atomic E-state index is 10.2. The number of aliphatic carboxylic acids is 2. The molecule has 1 unspecified atom stereocenters. The molecule has 0 aliphatic carbocycles. The van der Waals surface area contributed by atoms with Gasteiger partial charge in [0.2, 0.25) is 0 Å². The van der Waals surface area contributed by atoms with E-state index in [1.54, 1.807) is 0 Å². The summed E-state index contributed by atoms with van der Waals surface area (Å²) in [6.45, 7) is 2.26.